The molecule has 1 aliphatic heterocycles. The van der Waals surface area contributed by atoms with Crippen molar-refractivity contribution in [1.29, 1.82) is 5.26 Å². The fourth-order valence-electron chi connectivity index (χ4n) is 3.62. The molecule has 0 bridgehead atoms. The van der Waals surface area contributed by atoms with Crippen LogP contribution >= 0.6 is 0 Å². The van der Waals surface area contributed by atoms with Crippen LogP contribution in [0.15, 0.2) is 36.4 Å². The third-order valence-electron chi connectivity index (χ3n) is 5.39. The lowest BCUT2D eigenvalue weighted by Gasteiger charge is -2.41. The fraction of sp³-hybridized carbons (Fsp3) is 0.348. The van der Waals surface area contributed by atoms with Crippen LogP contribution in [0, 0.1) is 18.3 Å². The van der Waals surface area contributed by atoms with Gasteiger partial charge in [-0.2, -0.15) is 18.4 Å². The second-order valence-corrected chi connectivity index (χ2v) is 7.62. The SMILES string of the molecule is CCC(=O)NCCN1C(=O)C(C)(c2cccc(C#N)c2)Oc2cc(C(F)(F)F)c(C)cc21. The molecule has 0 spiro atoms. The number of nitriles is 1. The summed E-state index contributed by atoms with van der Waals surface area (Å²) < 4.78 is 46.5. The van der Waals surface area contributed by atoms with E-state index in [0.717, 1.165) is 6.07 Å². The second-order valence-electron chi connectivity index (χ2n) is 7.62. The highest BCUT2D eigenvalue weighted by atomic mass is 19.4. The first kappa shape index (κ1) is 23.1. The Kier molecular flexibility index (Phi) is 6.17. The summed E-state index contributed by atoms with van der Waals surface area (Å²) in [7, 11) is 0. The highest BCUT2D eigenvalue weighted by Gasteiger charge is 2.47. The molecule has 1 atom stereocenters. The van der Waals surface area contributed by atoms with Crippen molar-refractivity contribution in [3.8, 4) is 11.8 Å². The van der Waals surface area contributed by atoms with E-state index in [2.05, 4.69) is 5.32 Å². The normalized spacial score (nSPS) is 17.9. The molecule has 1 N–H and O–H groups in total. The molecule has 0 aliphatic carbocycles. The van der Waals surface area contributed by atoms with E-state index in [1.165, 1.54) is 30.9 Å². The van der Waals surface area contributed by atoms with Crippen molar-refractivity contribution in [1.82, 2.24) is 5.32 Å². The summed E-state index contributed by atoms with van der Waals surface area (Å²) in [5.41, 5.74) is -1.76. The lowest BCUT2D eigenvalue weighted by atomic mass is 9.90. The molecule has 168 valence electrons. The number of ether oxygens (including phenoxy) is 1. The second kappa shape index (κ2) is 8.54. The number of anilines is 1. The molecular weight excluding hydrogens is 423 g/mol. The van der Waals surface area contributed by atoms with E-state index in [-0.39, 0.29) is 48.0 Å². The molecule has 0 saturated carbocycles. The zero-order valence-corrected chi connectivity index (χ0v) is 17.8. The molecule has 2 amide bonds. The Bertz CT molecular complexity index is 1110. The maximum absolute atomic E-state index is 13.5. The molecule has 0 fully saturated rings. The minimum atomic E-state index is -4.60. The molecule has 1 unspecified atom stereocenters. The van der Waals surface area contributed by atoms with Gasteiger partial charge in [0.15, 0.2) is 0 Å². The van der Waals surface area contributed by atoms with Gasteiger partial charge in [-0.25, -0.2) is 0 Å². The van der Waals surface area contributed by atoms with Crippen molar-refractivity contribution in [2.75, 3.05) is 18.0 Å². The molecule has 0 aromatic heterocycles. The van der Waals surface area contributed by atoms with Gasteiger partial charge in [0.1, 0.15) is 5.75 Å². The summed E-state index contributed by atoms with van der Waals surface area (Å²) in [6.45, 7) is 4.62. The Morgan fingerprint density at radius 1 is 1.28 bits per heavy atom. The van der Waals surface area contributed by atoms with Crippen LogP contribution in [0.2, 0.25) is 0 Å². The molecule has 0 saturated heterocycles. The third kappa shape index (κ3) is 4.26. The number of alkyl halides is 3. The lowest BCUT2D eigenvalue weighted by molar-refractivity contribution is -0.138. The van der Waals surface area contributed by atoms with Crippen LogP contribution in [0.4, 0.5) is 18.9 Å². The maximum atomic E-state index is 13.5. The van der Waals surface area contributed by atoms with Crippen LogP contribution in [0.3, 0.4) is 0 Å². The molecular formula is C23H22F3N3O3. The van der Waals surface area contributed by atoms with E-state index in [1.807, 2.05) is 6.07 Å². The molecule has 3 rings (SSSR count). The van der Waals surface area contributed by atoms with Crippen LogP contribution in [0.1, 0.15) is 42.5 Å². The average molecular weight is 445 g/mol. The van der Waals surface area contributed by atoms with Gasteiger partial charge < -0.3 is 15.0 Å². The highest BCUT2D eigenvalue weighted by molar-refractivity contribution is 6.03. The molecule has 2 aromatic carbocycles. The molecule has 32 heavy (non-hydrogen) atoms. The van der Waals surface area contributed by atoms with Crippen LogP contribution < -0.4 is 15.0 Å². The Morgan fingerprint density at radius 2 is 2.00 bits per heavy atom. The standard InChI is InChI=1S/C23H22F3N3O3/c1-4-20(30)28-8-9-29-18-10-14(2)17(23(24,25)26)12-19(18)32-22(3,21(29)31)16-7-5-6-15(11-16)13-27/h5-7,10-12H,4,8-9H2,1-3H3,(H,28,30). The molecule has 9 heteroatoms. The number of amides is 2. The van der Waals surface area contributed by atoms with Crippen molar-refractivity contribution in [3.05, 3.63) is 58.7 Å². The van der Waals surface area contributed by atoms with Crippen molar-refractivity contribution in [2.45, 2.75) is 39.0 Å². The number of aryl methyl sites for hydroxylation is 1. The minimum absolute atomic E-state index is 0.0409. The minimum Gasteiger partial charge on any atom is -0.471 e. The van der Waals surface area contributed by atoms with Crippen molar-refractivity contribution in [3.63, 3.8) is 0 Å². The van der Waals surface area contributed by atoms with E-state index in [0.29, 0.717) is 5.56 Å². The monoisotopic (exact) mass is 445 g/mol. The summed E-state index contributed by atoms with van der Waals surface area (Å²) in [6.07, 6.45) is -4.33. The number of nitrogens with one attached hydrogen (secondary N) is 1. The number of halogens is 3. The number of hydrogen-bond donors (Lipinski definition) is 1. The molecule has 1 aliphatic rings. The number of benzene rings is 2. The summed E-state index contributed by atoms with van der Waals surface area (Å²) in [4.78, 5) is 26.5. The molecule has 1 heterocycles. The van der Waals surface area contributed by atoms with Gasteiger partial charge in [-0.15, -0.1) is 0 Å². The summed E-state index contributed by atoms with van der Waals surface area (Å²) in [6, 6.07) is 10.3. The van der Waals surface area contributed by atoms with Crippen molar-refractivity contribution >= 4 is 17.5 Å². The van der Waals surface area contributed by atoms with Crippen LogP contribution in [0.5, 0.6) is 5.75 Å². The van der Waals surface area contributed by atoms with Crippen LogP contribution in [0.25, 0.3) is 0 Å². The van der Waals surface area contributed by atoms with E-state index in [4.69, 9.17) is 4.74 Å². The Morgan fingerprint density at radius 3 is 2.62 bits per heavy atom. The number of fused-ring (bicyclic) bond motifs is 1. The van der Waals surface area contributed by atoms with Gasteiger partial charge in [0.2, 0.25) is 11.5 Å². The number of carbonyl (C=O) groups excluding carboxylic acids is 2. The summed E-state index contributed by atoms with van der Waals surface area (Å²) >= 11 is 0. The predicted molar refractivity (Wildman–Crippen MR) is 111 cm³/mol. The summed E-state index contributed by atoms with van der Waals surface area (Å²) in [5.74, 6) is -0.821. The average Bonchev–Trinajstić information content (AvgIpc) is 2.75. The number of carbonyl (C=O) groups is 2. The quantitative estimate of drug-likeness (QED) is 0.753. The first-order valence-corrected chi connectivity index (χ1v) is 10.0. The van der Waals surface area contributed by atoms with Gasteiger partial charge in [0.05, 0.1) is 22.9 Å². The smallest absolute Gasteiger partial charge is 0.416 e. The van der Waals surface area contributed by atoms with E-state index in [1.54, 1.807) is 25.1 Å². The number of hydrogen-bond acceptors (Lipinski definition) is 4. The number of rotatable bonds is 5. The fourth-order valence-corrected chi connectivity index (χ4v) is 3.62. The molecule has 6 nitrogen and oxygen atoms in total. The van der Waals surface area contributed by atoms with Gasteiger partial charge >= 0.3 is 6.18 Å². The largest absolute Gasteiger partial charge is 0.471 e. The number of nitrogens with zero attached hydrogens (tertiary/aromatic N) is 2. The van der Waals surface area contributed by atoms with E-state index < -0.39 is 23.2 Å². The summed E-state index contributed by atoms with van der Waals surface area (Å²) in [5, 5.41) is 11.9. The molecule has 2 aromatic rings. The van der Waals surface area contributed by atoms with Crippen LogP contribution in [-0.4, -0.2) is 24.9 Å². The Labute approximate surface area is 183 Å². The third-order valence-corrected chi connectivity index (χ3v) is 5.39. The zero-order chi connectivity index (χ0) is 23.7. The first-order chi connectivity index (χ1) is 15.0. The highest BCUT2D eigenvalue weighted by Crippen LogP contribution is 2.46. The van der Waals surface area contributed by atoms with Crippen LogP contribution in [-0.2, 0) is 21.4 Å². The zero-order valence-electron chi connectivity index (χ0n) is 17.8. The van der Waals surface area contributed by atoms with E-state index in [9.17, 15) is 28.0 Å². The van der Waals surface area contributed by atoms with Gasteiger partial charge in [-0.1, -0.05) is 19.1 Å². The van der Waals surface area contributed by atoms with Gasteiger partial charge in [-0.3, -0.25) is 9.59 Å². The topological polar surface area (TPSA) is 82.4 Å². The van der Waals surface area contributed by atoms with Crippen molar-refractivity contribution < 1.29 is 27.5 Å². The van der Waals surface area contributed by atoms with Gasteiger partial charge in [-0.05, 0) is 43.7 Å². The lowest BCUT2D eigenvalue weighted by Crippen LogP contribution is -2.54. The van der Waals surface area contributed by atoms with Gasteiger partial charge in [0.25, 0.3) is 5.91 Å². The van der Waals surface area contributed by atoms with Crippen molar-refractivity contribution in [2.24, 2.45) is 0 Å². The van der Waals surface area contributed by atoms with Gasteiger partial charge in [0, 0.05) is 25.1 Å². The Hall–Kier alpha value is -3.54. The maximum Gasteiger partial charge on any atom is 0.416 e. The molecule has 0 radical (unpaired) electrons. The predicted octanol–water partition coefficient (Wildman–Crippen LogP) is 4.05. The first-order valence-electron chi connectivity index (χ1n) is 10.0. The Balaban J connectivity index is 2.12. The van der Waals surface area contributed by atoms with E-state index >= 15 is 0 Å².